The van der Waals surface area contributed by atoms with Gasteiger partial charge in [-0.3, -0.25) is 0 Å². The van der Waals surface area contributed by atoms with E-state index >= 15 is 0 Å². The van der Waals surface area contributed by atoms with Crippen molar-refractivity contribution in [2.45, 2.75) is 39.5 Å². The van der Waals surface area contributed by atoms with Gasteiger partial charge in [-0.1, -0.05) is 32.9 Å². The summed E-state index contributed by atoms with van der Waals surface area (Å²) < 4.78 is 37.0. The number of halogens is 3. The van der Waals surface area contributed by atoms with Gasteiger partial charge >= 0.3 is 6.18 Å². The molecular weight excluding hydrogens is 229 g/mol. The Morgan fingerprint density at radius 2 is 1.53 bits per heavy atom. The highest BCUT2D eigenvalue weighted by atomic mass is 19.4. The molecule has 1 unspecified atom stereocenters. The molecule has 0 aliphatic rings. The minimum atomic E-state index is -4.33. The maximum atomic E-state index is 12.3. The first-order valence-electron chi connectivity index (χ1n) is 5.45. The predicted octanol–water partition coefficient (Wildman–Crippen LogP) is 4.18. The van der Waals surface area contributed by atoms with E-state index in [4.69, 9.17) is 0 Å². The highest BCUT2D eigenvalue weighted by Crippen LogP contribution is 2.32. The fourth-order valence-electron chi connectivity index (χ4n) is 1.59. The zero-order chi connectivity index (χ0) is 13.3. The normalized spacial score (nSPS) is 14.8. The number of hydrogen-bond acceptors (Lipinski definition) is 1. The molecule has 0 aliphatic heterocycles. The molecule has 4 heteroatoms. The van der Waals surface area contributed by atoms with E-state index in [1.54, 1.807) is 0 Å². The second-order valence-electron chi connectivity index (χ2n) is 5.40. The number of aliphatic hydroxyl groups is 1. The van der Waals surface area contributed by atoms with E-state index in [-0.39, 0.29) is 5.41 Å². The summed E-state index contributed by atoms with van der Waals surface area (Å²) in [7, 11) is 0. The van der Waals surface area contributed by atoms with Crippen LogP contribution in [0.5, 0.6) is 0 Å². The third-order valence-corrected chi connectivity index (χ3v) is 2.43. The smallest absolute Gasteiger partial charge is 0.388 e. The zero-order valence-electron chi connectivity index (χ0n) is 10.2. The van der Waals surface area contributed by atoms with Crippen LogP contribution in [0, 0.1) is 5.41 Å². The van der Waals surface area contributed by atoms with Crippen LogP contribution in [0.1, 0.15) is 44.4 Å². The topological polar surface area (TPSA) is 20.2 Å². The Morgan fingerprint density at radius 3 is 1.88 bits per heavy atom. The third kappa shape index (κ3) is 4.38. The van der Waals surface area contributed by atoms with Gasteiger partial charge in [-0.15, -0.1) is 0 Å². The summed E-state index contributed by atoms with van der Waals surface area (Å²) in [4.78, 5) is 0. The van der Waals surface area contributed by atoms with Gasteiger partial charge in [0.05, 0.1) is 11.7 Å². The van der Waals surface area contributed by atoms with Crippen molar-refractivity contribution in [1.29, 1.82) is 0 Å². The summed E-state index contributed by atoms with van der Waals surface area (Å²) in [6.07, 6.45) is -4.54. The Kier molecular flexibility index (Phi) is 3.87. The molecular formula is C13H17F3O. The van der Waals surface area contributed by atoms with E-state index in [0.717, 1.165) is 12.1 Å². The lowest BCUT2D eigenvalue weighted by Crippen LogP contribution is -2.12. The predicted molar refractivity (Wildman–Crippen MR) is 60.5 cm³/mol. The standard InChI is InChI=1S/C13H17F3O/c1-12(2,3)8-11(17)9-4-6-10(7-5-9)13(14,15)16/h4-7,11,17H,8H2,1-3H3. The second-order valence-corrected chi connectivity index (χ2v) is 5.40. The van der Waals surface area contributed by atoms with E-state index in [1.165, 1.54) is 12.1 Å². The first-order chi connectivity index (χ1) is 7.59. The van der Waals surface area contributed by atoms with Crippen molar-refractivity contribution in [3.05, 3.63) is 35.4 Å². The summed E-state index contributed by atoms with van der Waals surface area (Å²) in [6.45, 7) is 5.92. The number of rotatable bonds is 2. The van der Waals surface area contributed by atoms with Gasteiger partial charge in [-0.2, -0.15) is 13.2 Å². The number of alkyl halides is 3. The van der Waals surface area contributed by atoms with Crippen LogP contribution < -0.4 is 0 Å². The average Bonchev–Trinajstić information content (AvgIpc) is 2.14. The summed E-state index contributed by atoms with van der Waals surface area (Å²) in [5, 5.41) is 9.87. The molecule has 1 aromatic carbocycles. The van der Waals surface area contributed by atoms with Gasteiger partial charge in [-0.25, -0.2) is 0 Å². The van der Waals surface area contributed by atoms with E-state index in [1.807, 2.05) is 20.8 Å². The van der Waals surface area contributed by atoms with E-state index in [0.29, 0.717) is 12.0 Å². The molecule has 0 saturated carbocycles. The maximum absolute atomic E-state index is 12.3. The van der Waals surface area contributed by atoms with Gasteiger partial charge < -0.3 is 5.11 Å². The van der Waals surface area contributed by atoms with Crippen molar-refractivity contribution < 1.29 is 18.3 Å². The Balaban J connectivity index is 2.81. The van der Waals surface area contributed by atoms with Crippen molar-refractivity contribution in [2.75, 3.05) is 0 Å². The third-order valence-electron chi connectivity index (χ3n) is 2.43. The molecule has 1 atom stereocenters. The fraction of sp³-hybridized carbons (Fsp3) is 0.538. The molecule has 1 N–H and O–H groups in total. The SMILES string of the molecule is CC(C)(C)CC(O)c1ccc(C(F)(F)F)cc1. The average molecular weight is 246 g/mol. The Hall–Kier alpha value is -1.03. The molecule has 0 aliphatic carbocycles. The summed E-state index contributed by atoms with van der Waals surface area (Å²) in [5.41, 5.74) is -0.237. The summed E-state index contributed by atoms with van der Waals surface area (Å²) in [6, 6.07) is 4.67. The molecule has 0 aromatic heterocycles. The Morgan fingerprint density at radius 1 is 1.06 bits per heavy atom. The minimum Gasteiger partial charge on any atom is -0.388 e. The van der Waals surface area contributed by atoms with Crippen LogP contribution in [0.4, 0.5) is 13.2 Å². The monoisotopic (exact) mass is 246 g/mol. The first kappa shape index (κ1) is 14.0. The van der Waals surface area contributed by atoms with Gasteiger partial charge in [0.1, 0.15) is 0 Å². The molecule has 0 heterocycles. The van der Waals surface area contributed by atoms with Gasteiger partial charge in [-0.05, 0) is 29.5 Å². The molecule has 96 valence electrons. The lowest BCUT2D eigenvalue weighted by Gasteiger charge is -2.22. The van der Waals surface area contributed by atoms with Crippen molar-refractivity contribution in [3.63, 3.8) is 0 Å². The van der Waals surface area contributed by atoms with Crippen LogP contribution in [-0.2, 0) is 6.18 Å². The first-order valence-corrected chi connectivity index (χ1v) is 5.45. The number of aliphatic hydroxyl groups excluding tert-OH is 1. The van der Waals surface area contributed by atoms with Crippen LogP contribution in [0.15, 0.2) is 24.3 Å². The summed E-state index contributed by atoms with van der Waals surface area (Å²) >= 11 is 0. The number of hydrogen-bond donors (Lipinski definition) is 1. The van der Waals surface area contributed by atoms with Gasteiger partial charge in [0.2, 0.25) is 0 Å². The highest BCUT2D eigenvalue weighted by molar-refractivity contribution is 5.26. The molecule has 0 saturated heterocycles. The fourth-order valence-corrected chi connectivity index (χ4v) is 1.59. The molecule has 0 spiro atoms. The lowest BCUT2D eigenvalue weighted by molar-refractivity contribution is -0.137. The molecule has 1 rings (SSSR count). The van der Waals surface area contributed by atoms with E-state index in [2.05, 4.69) is 0 Å². The Bertz CT molecular complexity index is 360. The molecule has 0 radical (unpaired) electrons. The quantitative estimate of drug-likeness (QED) is 0.830. The van der Waals surface area contributed by atoms with Crippen molar-refractivity contribution >= 4 is 0 Å². The number of benzene rings is 1. The molecule has 0 bridgehead atoms. The van der Waals surface area contributed by atoms with Gasteiger partial charge in [0, 0.05) is 0 Å². The molecule has 1 aromatic rings. The van der Waals surface area contributed by atoms with Gasteiger partial charge in [0.25, 0.3) is 0 Å². The largest absolute Gasteiger partial charge is 0.416 e. The highest BCUT2D eigenvalue weighted by Gasteiger charge is 2.30. The van der Waals surface area contributed by atoms with Crippen molar-refractivity contribution in [1.82, 2.24) is 0 Å². The van der Waals surface area contributed by atoms with Crippen LogP contribution >= 0.6 is 0 Å². The van der Waals surface area contributed by atoms with Crippen LogP contribution in [-0.4, -0.2) is 5.11 Å². The van der Waals surface area contributed by atoms with E-state index in [9.17, 15) is 18.3 Å². The van der Waals surface area contributed by atoms with Crippen molar-refractivity contribution in [3.8, 4) is 0 Å². The molecule has 17 heavy (non-hydrogen) atoms. The molecule has 1 nitrogen and oxygen atoms in total. The molecule has 0 fully saturated rings. The minimum absolute atomic E-state index is 0.0673. The van der Waals surface area contributed by atoms with Crippen LogP contribution in [0.3, 0.4) is 0 Å². The molecule has 0 amide bonds. The lowest BCUT2D eigenvalue weighted by atomic mass is 9.87. The van der Waals surface area contributed by atoms with Gasteiger partial charge in [0.15, 0.2) is 0 Å². The maximum Gasteiger partial charge on any atom is 0.416 e. The van der Waals surface area contributed by atoms with Crippen molar-refractivity contribution in [2.24, 2.45) is 5.41 Å². The Labute approximate surface area is 99.3 Å². The zero-order valence-corrected chi connectivity index (χ0v) is 10.2. The second kappa shape index (κ2) is 4.69. The van der Waals surface area contributed by atoms with E-state index < -0.39 is 17.8 Å². The summed E-state index contributed by atoms with van der Waals surface area (Å²) in [5.74, 6) is 0. The van der Waals surface area contributed by atoms with Crippen LogP contribution in [0.25, 0.3) is 0 Å². The van der Waals surface area contributed by atoms with Crippen LogP contribution in [0.2, 0.25) is 0 Å².